The fraction of sp³-hybridized carbons (Fsp3) is 0.606. The average Bonchev–Trinajstić information content (AvgIpc) is 3.52. The van der Waals surface area contributed by atoms with E-state index in [-0.39, 0.29) is 35.1 Å². The number of aliphatic hydroxyl groups excluding tert-OH is 1. The number of ether oxygens (including phenoxy) is 1. The Labute approximate surface area is 258 Å². The van der Waals surface area contributed by atoms with E-state index in [9.17, 15) is 19.5 Å². The van der Waals surface area contributed by atoms with Crippen LogP contribution in [0.3, 0.4) is 0 Å². The molecule has 0 radical (unpaired) electrons. The lowest BCUT2D eigenvalue weighted by Gasteiger charge is -2.43. The number of halogens is 1. The summed E-state index contributed by atoms with van der Waals surface area (Å²) >= 11 is 3.77. The number of carbonyl (C=O) groups excluding carboxylic acids is 3. The molecule has 3 unspecified atom stereocenters. The molecule has 2 bridgehead atoms. The van der Waals surface area contributed by atoms with Gasteiger partial charge in [0.2, 0.25) is 17.7 Å². The number of alkyl halides is 1. The van der Waals surface area contributed by atoms with Crippen LogP contribution in [-0.4, -0.2) is 91.4 Å². The quantitative estimate of drug-likeness (QED) is 0.273. The van der Waals surface area contributed by atoms with Gasteiger partial charge in [0.15, 0.2) is 0 Å². The molecule has 42 heavy (non-hydrogen) atoms. The number of amides is 3. The Morgan fingerprint density at radius 1 is 1.17 bits per heavy atom. The maximum Gasteiger partial charge on any atom is 0.249 e. The van der Waals surface area contributed by atoms with E-state index in [1.165, 1.54) is 0 Å². The van der Waals surface area contributed by atoms with Gasteiger partial charge in [0.1, 0.15) is 11.6 Å². The molecule has 3 heterocycles. The summed E-state index contributed by atoms with van der Waals surface area (Å²) in [7, 11) is 0. The molecule has 1 aromatic carbocycles. The van der Waals surface area contributed by atoms with E-state index in [0.29, 0.717) is 32.5 Å². The minimum Gasteiger partial charge on any atom is -0.394 e. The van der Waals surface area contributed by atoms with Gasteiger partial charge in [-0.1, -0.05) is 72.3 Å². The van der Waals surface area contributed by atoms with E-state index < -0.39 is 41.2 Å². The van der Waals surface area contributed by atoms with Crippen molar-refractivity contribution in [2.45, 2.75) is 88.2 Å². The number of fused-ring (bicyclic) bond motifs is 1. The first-order chi connectivity index (χ1) is 19.8. The molecule has 3 aliphatic heterocycles. The molecule has 3 fully saturated rings. The van der Waals surface area contributed by atoms with Crippen LogP contribution in [-0.2, 0) is 25.7 Å². The lowest BCUT2D eigenvalue weighted by Crippen LogP contribution is -2.62. The zero-order valence-corrected chi connectivity index (χ0v) is 27.1. The zero-order valence-electron chi connectivity index (χ0n) is 25.5. The normalized spacial score (nSPS) is 29.0. The lowest BCUT2D eigenvalue weighted by molar-refractivity contribution is -0.155. The van der Waals surface area contributed by atoms with Gasteiger partial charge in [-0.05, 0) is 45.1 Å². The Hall–Kier alpha value is -2.49. The summed E-state index contributed by atoms with van der Waals surface area (Å²) < 4.78 is 6.75. The van der Waals surface area contributed by atoms with Crippen molar-refractivity contribution >= 4 is 33.7 Å². The molecule has 230 valence electrons. The van der Waals surface area contributed by atoms with Gasteiger partial charge in [-0.3, -0.25) is 14.4 Å². The second-order valence-electron chi connectivity index (χ2n) is 13.3. The van der Waals surface area contributed by atoms with Crippen molar-refractivity contribution in [3.63, 3.8) is 0 Å². The van der Waals surface area contributed by atoms with Crippen LogP contribution in [0.5, 0.6) is 0 Å². The van der Waals surface area contributed by atoms with Crippen molar-refractivity contribution in [1.82, 2.24) is 14.7 Å². The van der Waals surface area contributed by atoms with E-state index in [2.05, 4.69) is 29.1 Å². The molecular weight excluding hydrogens is 598 g/mol. The second kappa shape index (κ2) is 12.6. The third-order valence-corrected chi connectivity index (χ3v) is 9.70. The smallest absolute Gasteiger partial charge is 0.249 e. The molecule has 9 heteroatoms. The minimum atomic E-state index is -1.20. The molecule has 1 aromatic rings. The lowest BCUT2D eigenvalue weighted by atomic mass is 9.70. The van der Waals surface area contributed by atoms with Crippen LogP contribution in [0.4, 0.5) is 0 Å². The van der Waals surface area contributed by atoms with Crippen molar-refractivity contribution in [3.05, 3.63) is 61.2 Å². The SMILES string of the molecule is C=CCN(Cc1ccccc1)C(=O)[C@H]1[C@H]2C(=O)N([C@@H](CO)CC(C)C)C(C(=O)N(CC=C)C(C)(C)C)C23CC(Br)[C@@H]1O3. The van der Waals surface area contributed by atoms with Gasteiger partial charge >= 0.3 is 0 Å². The zero-order chi connectivity index (χ0) is 31.0. The standard InChI is InChI=1S/C33H46BrN3O5/c1-8-15-35(19-22-13-11-10-12-14-22)29(39)25-26-30(40)37(23(20-38)17-21(3)4)28(33(26)18-24(34)27(25)42-33)31(41)36(16-9-2)32(5,6)7/h8-14,21,23-28,38H,1-2,15-20H2,3-7H3/t23-,24?,25+,26+,27+,28?,33?/m1/s1. The number of rotatable bonds is 12. The first-order valence-electron chi connectivity index (χ1n) is 14.9. The van der Waals surface area contributed by atoms with Crippen LogP contribution in [0.1, 0.15) is 53.0 Å². The van der Waals surface area contributed by atoms with Gasteiger partial charge < -0.3 is 24.5 Å². The van der Waals surface area contributed by atoms with Gasteiger partial charge in [-0.25, -0.2) is 0 Å². The largest absolute Gasteiger partial charge is 0.394 e. The number of hydrogen-bond donors (Lipinski definition) is 1. The van der Waals surface area contributed by atoms with Crippen molar-refractivity contribution in [2.24, 2.45) is 17.8 Å². The Morgan fingerprint density at radius 3 is 2.36 bits per heavy atom. The van der Waals surface area contributed by atoms with Gasteiger partial charge in [0, 0.05) is 30.0 Å². The van der Waals surface area contributed by atoms with Crippen molar-refractivity contribution < 1.29 is 24.2 Å². The molecule has 7 atom stereocenters. The Balaban J connectivity index is 1.82. The molecule has 1 spiro atoms. The van der Waals surface area contributed by atoms with Gasteiger partial charge in [0.05, 0.1) is 30.6 Å². The fourth-order valence-electron chi connectivity index (χ4n) is 7.22. The van der Waals surface area contributed by atoms with Crippen LogP contribution < -0.4 is 0 Å². The monoisotopic (exact) mass is 643 g/mol. The predicted molar refractivity (Wildman–Crippen MR) is 167 cm³/mol. The molecule has 0 aliphatic carbocycles. The van der Waals surface area contributed by atoms with Crippen LogP contribution in [0.15, 0.2) is 55.6 Å². The van der Waals surface area contributed by atoms with Crippen molar-refractivity contribution in [3.8, 4) is 0 Å². The van der Waals surface area contributed by atoms with E-state index in [4.69, 9.17) is 4.74 Å². The van der Waals surface area contributed by atoms with E-state index in [1.54, 1.807) is 26.9 Å². The highest BCUT2D eigenvalue weighted by molar-refractivity contribution is 9.09. The van der Waals surface area contributed by atoms with Gasteiger partial charge in [0.25, 0.3) is 0 Å². The molecule has 4 rings (SSSR count). The minimum absolute atomic E-state index is 0.170. The Kier molecular flexibility index (Phi) is 9.75. The number of benzene rings is 1. The number of nitrogens with zero attached hydrogens (tertiary/aromatic N) is 3. The Bertz CT molecular complexity index is 1180. The highest BCUT2D eigenvalue weighted by atomic mass is 79.9. The van der Waals surface area contributed by atoms with Gasteiger partial charge in [-0.2, -0.15) is 0 Å². The summed E-state index contributed by atoms with van der Waals surface area (Å²) in [6.45, 7) is 18.3. The van der Waals surface area contributed by atoms with E-state index >= 15 is 0 Å². The van der Waals surface area contributed by atoms with Crippen molar-refractivity contribution in [2.75, 3.05) is 19.7 Å². The molecule has 8 nitrogen and oxygen atoms in total. The topological polar surface area (TPSA) is 90.4 Å². The Morgan fingerprint density at radius 2 is 1.81 bits per heavy atom. The molecule has 1 N–H and O–H groups in total. The van der Waals surface area contributed by atoms with Crippen LogP contribution in [0.2, 0.25) is 0 Å². The van der Waals surface area contributed by atoms with Gasteiger partial charge in [-0.15, -0.1) is 13.2 Å². The maximum absolute atomic E-state index is 14.6. The van der Waals surface area contributed by atoms with Crippen molar-refractivity contribution in [1.29, 1.82) is 0 Å². The summed E-state index contributed by atoms with van der Waals surface area (Å²) in [4.78, 5) is 48.4. The van der Waals surface area contributed by atoms with Crippen LogP contribution in [0, 0.1) is 17.8 Å². The number of hydrogen-bond acceptors (Lipinski definition) is 5. The fourth-order valence-corrected chi connectivity index (χ4v) is 8.16. The summed E-state index contributed by atoms with van der Waals surface area (Å²) in [5.41, 5.74) is -0.788. The molecule has 3 aliphatic rings. The molecule has 0 saturated carbocycles. The predicted octanol–water partition coefficient (Wildman–Crippen LogP) is 4.17. The average molecular weight is 645 g/mol. The third-order valence-electron chi connectivity index (χ3n) is 8.86. The van der Waals surface area contributed by atoms with E-state index in [1.807, 2.05) is 65.0 Å². The number of likely N-dealkylation sites (tertiary alicyclic amines) is 1. The molecular formula is C33H46BrN3O5. The highest BCUT2D eigenvalue weighted by Gasteiger charge is 2.77. The summed E-state index contributed by atoms with van der Waals surface area (Å²) in [6, 6.07) is 8.15. The number of aliphatic hydroxyl groups is 1. The second-order valence-corrected chi connectivity index (χ2v) is 14.5. The summed E-state index contributed by atoms with van der Waals surface area (Å²) in [5.74, 6) is -2.18. The van der Waals surface area contributed by atoms with Crippen LogP contribution in [0.25, 0.3) is 0 Å². The third kappa shape index (κ3) is 5.72. The van der Waals surface area contributed by atoms with E-state index in [0.717, 1.165) is 5.56 Å². The molecule has 3 saturated heterocycles. The summed E-state index contributed by atoms with van der Waals surface area (Å²) in [5, 5.41) is 10.6. The highest BCUT2D eigenvalue weighted by Crippen LogP contribution is 2.61. The summed E-state index contributed by atoms with van der Waals surface area (Å²) in [6.07, 6.45) is 3.73. The first-order valence-corrected chi connectivity index (χ1v) is 15.8. The number of carbonyl (C=O) groups is 3. The molecule has 0 aromatic heterocycles. The first kappa shape index (κ1) is 32.4. The molecule has 3 amide bonds. The van der Waals surface area contributed by atoms with Crippen LogP contribution >= 0.6 is 15.9 Å². The maximum atomic E-state index is 14.6.